The van der Waals surface area contributed by atoms with Crippen LogP contribution in [0.5, 0.6) is 17.2 Å². The number of benzene rings is 3. The van der Waals surface area contributed by atoms with E-state index in [2.05, 4.69) is 31.7 Å². The second-order valence-electron chi connectivity index (χ2n) is 6.89. The van der Waals surface area contributed by atoms with Gasteiger partial charge in [0.1, 0.15) is 17.2 Å². The highest BCUT2D eigenvalue weighted by molar-refractivity contribution is 6.37. The molecule has 0 saturated heterocycles. The molecule has 3 nitrogen and oxygen atoms in total. The summed E-state index contributed by atoms with van der Waals surface area (Å²) in [5.41, 5.74) is 2.31. The van der Waals surface area contributed by atoms with Crippen LogP contribution in [0.4, 0.5) is 0 Å². The van der Waals surface area contributed by atoms with Gasteiger partial charge < -0.3 is 14.2 Å². The smallest absolute Gasteiger partial charge is 0.127 e. The molecule has 0 aliphatic heterocycles. The normalized spacial score (nSPS) is 13.4. The molecule has 0 spiro atoms. The van der Waals surface area contributed by atoms with Crippen molar-refractivity contribution in [2.75, 3.05) is 6.61 Å². The monoisotopic (exact) mass is 392 g/mol. The molecule has 146 valence electrons. The lowest BCUT2D eigenvalue weighted by Gasteiger charge is -2.29. The Hall–Kier alpha value is -2.56. The third kappa shape index (κ3) is 5.24. The van der Waals surface area contributed by atoms with Gasteiger partial charge in [-0.1, -0.05) is 49.0 Å². The van der Waals surface area contributed by atoms with E-state index in [-0.39, 0.29) is 5.22 Å². The van der Waals surface area contributed by atoms with Crippen LogP contribution in [0.15, 0.2) is 78.9 Å². The molecule has 0 amide bonds. The Balaban J connectivity index is 1.68. The van der Waals surface area contributed by atoms with Gasteiger partial charge in [0, 0.05) is 0 Å². The first-order chi connectivity index (χ1) is 13.6. The molecule has 3 aromatic rings. The Morgan fingerprint density at radius 3 is 2.21 bits per heavy atom. The van der Waals surface area contributed by atoms with Crippen LogP contribution in [0.3, 0.4) is 0 Å². The third-order valence-electron chi connectivity index (χ3n) is 4.89. The zero-order chi connectivity index (χ0) is 19.8. The second kappa shape index (κ2) is 9.58. The lowest BCUT2D eigenvalue weighted by molar-refractivity contribution is 0.0139. The van der Waals surface area contributed by atoms with Crippen LogP contribution >= 0.6 is 0 Å². The summed E-state index contributed by atoms with van der Waals surface area (Å²) in [6, 6.07) is 26.2. The number of ether oxygens (including phenoxy) is 3. The molecular weight excluding hydrogens is 364 g/mol. The molecule has 28 heavy (non-hydrogen) atoms. The van der Waals surface area contributed by atoms with E-state index >= 15 is 0 Å². The molecular formula is C24H28O3Si. The maximum Gasteiger partial charge on any atom is 0.127 e. The molecule has 0 fully saturated rings. The largest absolute Gasteiger partial charge is 0.494 e. The Bertz CT molecular complexity index is 865. The maximum atomic E-state index is 6.42. The molecule has 1 atom stereocenters. The lowest BCUT2D eigenvalue weighted by atomic mass is 10.1. The van der Waals surface area contributed by atoms with Crippen LogP contribution in [0, 0.1) is 0 Å². The Kier molecular flexibility index (Phi) is 6.90. The molecule has 1 unspecified atom stereocenters. The van der Waals surface area contributed by atoms with E-state index in [0.717, 1.165) is 22.8 Å². The lowest BCUT2D eigenvalue weighted by Crippen LogP contribution is -2.31. The second-order valence-corrected chi connectivity index (χ2v) is 8.95. The SMILES string of the molecule is CCOc1ccc(C(C)(OCc2cccc(Oc3ccccc3)c2)[SiH2]C)cc1. The predicted molar refractivity (Wildman–Crippen MR) is 117 cm³/mol. The van der Waals surface area contributed by atoms with E-state index in [0.29, 0.717) is 13.2 Å². The zero-order valence-corrected chi connectivity index (χ0v) is 18.3. The van der Waals surface area contributed by atoms with Gasteiger partial charge in [-0.25, -0.2) is 0 Å². The summed E-state index contributed by atoms with van der Waals surface area (Å²) < 4.78 is 17.9. The summed E-state index contributed by atoms with van der Waals surface area (Å²) >= 11 is 0. The molecule has 0 aromatic heterocycles. The molecule has 0 N–H and O–H groups in total. The molecule has 0 saturated carbocycles. The first kappa shape index (κ1) is 20.2. The fraction of sp³-hybridized carbons (Fsp3) is 0.250. The van der Waals surface area contributed by atoms with Crippen LogP contribution in [-0.2, 0) is 16.6 Å². The van der Waals surface area contributed by atoms with Crippen molar-refractivity contribution in [3.05, 3.63) is 90.0 Å². The Labute approximate surface area is 170 Å². The van der Waals surface area contributed by atoms with Gasteiger partial charge in [0.05, 0.1) is 28.0 Å². The van der Waals surface area contributed by atoms with Crippen LogP contribution in [0.1, 0.15) is 25.0 Å². The minimum Gasteiger partial charge on any atom is -0.494 e. The highest BCUT2D eigenvalue weighted by Gasteiger charge is 2.25. The minimum atomic E-state index is -0.457. The molecule has 3 aromatic carbocycles. The first-order valence-electron chi connectivity index (χ1n) is 9.82. The summed E-state index contributed by atoms with van der Waals surface area (Å²) in [5, 5.41) is -0.221. The van der Waals surface area contributed by atoms with Gasteiger partial charge >= 0.3 is 0 Å². The Morgan fingerprint density at radius 2 is 1.54 bits per heavy atom. The molecule has 0 bridgehead atoms. The van der Waals surface area contributed by atoms with E-state index in [1.54, 1.807) is 0 Å². The van der Waals surface area contributed by atoms with Gasteiger partial charge in [0.2, 0.25) is 0 Å². The fourth-order valence-corrected chi connectivity index (χ4v) is 3.98. The first-order valence-corrected chi connectivity index (χ1v) is 11.9. The van der Waals surface area contributed by atoms with E-state index in [1.807, 2.05) is 67.6 Å². The predicted octanol–water partition coefficient (Wildman–Crippen LogP) is 5.48. The van der Waals surface area contributed by atoms with Crippen molar-refractivity contribution in [3.8, 4) is 17.2 Å². The molecule has 3 rings (SSSR count). The molecule has 0 heterocycles. The average Bonchev–Trinajstić information content (AvgIpc) is 2.74. The molecule has 0 aliphatic rings. The highest BCUT2D eigenvalue weighted by Crippen LogP contribution is 2.28. The topological polar surface area (TPSA) is 27.7 Å². The average molecular weight is 393 g/mol. The standard InChI is InChI=1S/C24H28O3Si/c1-4-25-21-15-13-20(14-16-21)24(2,28-3)26-18-19-9-8-12-23(17-19)27-22-10-6-5-7-11-22/h5-17H,4,18,28H2,1-3H3. The van der Waals surface area contributed by atoms with Crippen LogP contribution < -0.4 is 9.47 Å². The van der Waals surface area contributed by atoms with Gasteiger partial charge in [-0.05, 0) is 61.4 Å². The van der Waals surface area contributed by atoms with Crippen molar-refractivity contribution in [2.45, 2.75) is 32.2 Å². The highest BCUT2D eigenvalue weighted by atomic mass is 28.2. The molecule has 0 radical (unpaired) electrons. The van der Waals surface area contributed by atoms with Crippen molar-refractivity contribution >= 4 is 9.52 Å². The summed E-state index contributed by atoms with van der Waals surface area (Å²) in [7, 11) is -0.457. The van der Waals surface area contributed by atoms with E-state index < -0.39 is 9.52 Å². The third-order valence-corrected chi connectivity index (χ3v) is 6.85. The molecule has 0 aliphatic carbocycles. The van der Waals surface area contributed by atoms with Crippen LogP contribution in [0.2, 0.25) is 6.55 Å². The number of rotatable bonds is 9. The minimum absolute atomic E-state index is 0.221. The number of hydrogen-bond donors (Lipinski definition) is 0. The van der Waals surface area contributed by atoms with Crippen molar-refractivity contribution < 1.29 is 14.2 Å². The summed E-state index contributed by atoms with van der Waals surface area (Å²) in [5.74, 6) is 2.56. The molecule has 4 heteroatoms. The fourth-order valence-electron chi connectivity index (χ4n) is 3.03. The van der Waals surface area contributed by atoms with E-state index in [1.165, 1.54) is 5.56 Å². The number of hydrogen-bond acceptors (Lipinski definition) is 3. The quantitative estimate of drug-likeness (QED) is 0.451. The van der Waals surface area contributed by atoms with Crippen LogP contribution in [0.25, 0.3) is 0 Å². The van der Waals surface area contributed by atoms with Crippen molar-refractivity contribution in [3.63, 3.8) is 0 Å². The van der Waals surface area contributed by atoms with Gasteiger partial charge in [0.15, 0.2) is 0 Å². The van der Waals surface area contributed by atoms with Crippen LogP contribution in [-0.4, -0.2) is 16.1 Å². The van der Waals surface area contributed by atoms with E-state index in [9.17, 15) is 0 Å². The summed E-state index contributed by atoms with van der Waals surface area (Å²) in [6.07, 6.45) is 0. The van der Waals surface area contributed by atoms with Gasteiger partial charge in [-0.3, -0.25) is 0 Å². The van der Waals surface area contributed by atoms with Gasteiger partial charge in [0.25, 0.3) is 0 Å². The number of para-hydroxylation sites is 1. The van der Waals surface area contributed by atoms with E-state index in [4.69, 9.17) is 14.2 Å². The zero-order valence-electron chi connectivity index (χ0n) is 16.9. The van der Waals surface area contributed by atoms with Crippen molar-refractivity contribution in [1.29, 1.82) is 0 Å². The maximum absolute atomic E-state index is 6.42. The van der Waals surface area contributed by atoms with Gasteiger partial charge in [-0.2, -0.15) is 0 Å². The summed E-state index contributed by atoms with van der Waals surface area (Å²) in [4.78, 5) is 0. The van der Waals surface area contributed by atoms with Crippen molar-refractivity contribution in [1.82, 2.24) is 0 Å². The van der Waals surface area contributed by atoms with Crippen molar-refractivity contribution in [2.24, 2.45) is 0 Å². The van der Waals surface area contributed by atoms with Gasteiger partial charge in [-0.15, -0.1) is 0 Å². The Morgan fingerprint density at radius 1 is 0.821 bits per heavy atom. The summed E-state index contributed by atoms with van der Waals surface area (Å²) in [6.45, 7) is 7.70.